The van der Waals surface area contributed by atoms with Crippen LogP contribution in [0.15, 0.2) is 60.8 Å². The second-order valence-electron chi connectivity index (χ2n) is 6.00. The Morgan fingerprint density at radius 3 is 2.58 bits per heavy atom. The first-order chi connectivity index (χ1) is 12.4. The number of benzene rings is 2. The van der Waals surface area contributed by atoms with Gasteiger partial charge in [-0.3, -0.25) is 4.68 Å². The Morgan fingerprint density at radius 2 is 1.96 bits per heavy atom. The number of carbonyl (C=O) groups is 1. The molecule has 0 aliphatic carbocycles. The van der Waals surface area contributed by atoms with Crippen molar-refractivity contribution in [2.45, 2.75) is 26.0 Å². The minimum atomic E-state index is -1.54. The zero-order valence-corrected chi connectivity index (χ0v) is 15.3. The highest BCUT2D eigenvalue weighted by atomic mass is 35.5. The summed E-state index contributed by atoms with van der Waals surface area (Å²) in [7, 11) is 0. The topological polar surface area (TPSA) is 64.3 Å². The van der Waals surface area contributed by atoms with Crippen LogP contribution in [0, 0.1) is 0 Å². The van der Waals surface area contributed by atoms with E-state index in [2.05, 4.69) is 5.10 Å². The highest BCUT2D eigenvalue weighted by Crippen LogP contribution is 2.36. The zero-order valence-electron chi connectivity index (χ0n) is 14.5. The van der Waals surface area contributed by atoms with E-state index in [-0.39, 0.29) is 0 Å². The van der Waals surface area contributed by atoms with E-state index in [0.717, 1.165) is 6.54 Å². The molecule has 1 N–H and O–H groups in total. The van der Waals surface area contributed by atoms with Crippen LogP contribution < -0.4 is 4.74 Å². The summed E-state index contributed by atoms with van der Waals surface area (Å²) >= 11 is 6.15. The molecule has 0 saturated heterocycles. The van der Waals surface area contributed by atoms with Gasteiger partial charge in [0.2, 0.25) is 5.60 Å². The molecule has 5 nitrogen and oxygen atoms in total. The summed E-state index contributed by atoms with van der Waals surface area (Å²) in [6.45, 7) is 4.25. The van der Waals surface area contributed by atoms with Crippen molar-refractivity contribution < 1.29 is 14.6 Å². The predicted molar refractivity (Wildman–Crippen MR) is 100 cm³/mol. The quantitative estimate of drug-likeness (QED) is 0.688. The summed E-state index contributed by atoms with van der Waals surface area (Å²) in [6, 6.07) is 15.8. The number of rotatable bonds is 6. The van der Waals surface area contributed by atoms with Gasteiger partial charge < -0.3 is 9.84 Å². The van der Waals surface area contributed by atoms with Crippen molar-refractivity contribution in [3.8, 4) is 17.0 Å². The number of ether oxygens (including phenoxy) is 1. The number of nitrogens with zero attached hydrogens (tertiary/aromatic N) is 2. The van der Waals surface area contributed by atoms with Crippen LogP contribution in [0.4, 0.5) is 0 Å². The summed E-state index contributed by atoms with van der Waals surface area (Å²) in [5.41, 5.74) is 0.322. The van der Waals surface area contributed by atoms with Crippen molar-refractivity contribution >= 4 is 17.6 Å². The van der Waals surface area contributed by atoms with E-state index in [1.54, 1.807) is 47.1 Å². The van der Waals surface area contributed by atoms with Crippen molar-refractivity contribution in [2.24, 2.45) is 0 Å². The molecule has 0 radical (unpaired) electrons. The monoisotopic (exact) mass is 370 g/mol. The number of aromatic nitrogens is 2. The van der Waals surface area contributed by atoms with Gasteiger partial charge in [0, 0.05) is 28.9 Å². The van der Waals surface area contributed by atoms with Gasteiger partial charge in [-0.1, -0.05) is 41.9 Å². The third kappa shape index (κ3) is 3.44. The van der Waals surface area contributed by atoms with E-state index in [1.165, 1.54) is 6.92 Å². The molecule has 1 unspecified atom stereocenters. The van der Waals surface area contributed by atoms with Crippen LogP contribution >= 0.6 is 11.6 Å². The van der Waals surface area contributed by atoms with E-state index in [1.807, 2.05) is 25.3 Å². The number of halogens is 1. The molecule has 3 rings (SSSR count). The van der Waals surface area contributed by atoms with Gasteiger partial charge in [0.05, 0.1) is 5.69 Å². The zero-order chi connectivity index (χ0) is 18.7. The highest BCUT2D eigenvalue weighted by molar-refractivity contribution is 6.31. The summed E-state index contributed by atoms with van der Waals surface area (Å²) in [5.74, 6) is -0.673. The lowest BCUT2D eigenvalue weighted by atomic mass is 9.95. The van der Waals surface area contributed by atoms with E-state index in [9.17, 15) is 9.90 Å². The maximum Gasteiger partial charge on any atom is 0.352 e. The molecule has 1 heterocycles. The molecule has 0 spiro atoms. The highest BCUT2D eigenvalue weighted by Gasteiger charge is 2.38. The van der Waals surface area contributed by atoms with Gasteiger partial charge in [0.1, 0.15) is 5.75 Å². The first-order valence-corrected chi connectivity index (χ1v) is 8.63. The molecule has 134 valence electrons. The number of hydrogen-bond donors (Lipinski definition) is 1. The van der Waals surface area contributed by atoms with Crippen LogP contribution in [0.3, 0.4) is 0 Å². The van der Waals surface area contributed by atoms with Crippen molar-refractivity contribution in [1.82, 2.24) is 9.78 Å². The first kappa shape index (κ1) is 18.0. The van der Waals surface area contributed by atoms with Crippen LogP contribution in [0.5, 0.6) is 5.75 Å². The van der Waals surface area contributed by atoms with Gasteiger partial charge in [0.25, 0.3) is 0 Å². The van der Waals surface area contributed by atoms with Crippen molar-refractivity contribution in [2.75, 3.05) is 0 Å². The van der Waals surface area contributed by atoms with Gasteiger partial charge >= 0.3 is 5.97 Å². The Morgan fingerprint density at radius 1 is 1.23 bits per heavy atom. The lowest BCUT2D eigenvalue weighted by Gasteiger charge is -2.28. The third-order valence-electron chi connectivity index (χ3n) is 4.23. The van der Waals surface area contributed by atoms with Crippen molar-refractivity contribution in [3.05, 3.63) is 71.4 Å². The lowest BCUT2D eigenvalue weighted by Crippen LogP contribution is -2.38. The number of aliphatic carboxylic acids is 1. The molecule has 0 saturated carbocycles. The van der Waals surface area contributed by atoms with Crippen LogP contribution in [0.1, 0.15) is 19.4 Å². The lowest BCUT2D eigenvalue weighted by molar-refractivity contribution is -0.154. The Balaban J connectivity index is 2.07. The van der Waals surface area contributed by atoms with Crippen molar-refractivity contribution in [3.63, 3.8) is 0 Å². The Labute approximate surface area is 156 Å². The molecular formula is C20H19ClN2O3. The second kappa shape index (κ2) is 7.22. The first-order valence-electron chi connectivity index (χ1n) is 8.25. The Hall–Kier alpha value is -2.79. The van der Waals surface area contributed by atoms with Gasteiger partial charge in [-0.05, 0) is 38.1 Å². The van der Waals surface area contributed by atoms with E-state index in [4.69, 9.17) is 16.3 Å². The Kier molecular flexibility index (Phi) is 5.00. The fourth-order valence-electron chi connectivity index (χ4n) is 2.67. The van der Waals surface area contributed by atoms with Gasteiger partial charge in [0.15, 0.2) is 0 Å². The van der Waals surface area contributed by atoms with E-state index in [0.29, 0.717) is 27.6 Å². The molecule has 6 heteroatoms. The van der Waals surface area contributed by atoms with Crippen LogP contribution in [0.2, 0.25) is 5.02 Å². The maximum absolute atomic E-state index is 12.0. The fourth-order valence-corrected chi connectivity index (χ4v) is 2.85. The predicted octanol–water partition coefficient (Wildman–Crippen LogP) is 4.60. The SMILES string of the molecule is CCn1ccc(-c2cc(Cl)ccc2OC(C)(C(=O)O)c2ccccc2)n1. The van der Waals surface area contributed by atoms with Gasteiger partial charge in [-0.25, -0.2) is 4.79 Å². The number of aryl methyl sites for hydroxylation is 1. The summed E-state index contributed by atoms with van der Waals surface area (Å²) in [5, 5.41) is 14.8. The van der Waals surface area contributed by atoms with Crippen molar-refractivity contribution in [1.29, 1.82) is 0 Å². The smallest absolute Gasteiger partial charge is 0.352 e. The fraction of sp³-hybridized carbons (Fsp3) is 0.200. The molecule has 0 aliphatic heterocycles. The molecule has 1 aromatic heterocycles. The average Bonchev–Trinajstić information content (AvgIpc) is 3.12. The Bertz CT molecular complexity index is 924. The van der Waals surface area contributed by atoms with Gasteiger partial charge in [-0.2, -0.15) is 5.10 Å². The number of carboxylic acid groups (broad SMARTS) is 1. The summed E-state index contributed by atoms with van der Waals surface area (Å²) < 4.78 is 7.81. The minimum absolute atomic E-state index is 0.407. The van der Waals surface area contributed by atoms with Crippen LogP contribution in [-0.2, 0) is 16.9 Å². The summed E-state index contributed by atoms with van der Waals surface area (Å²) in [6.07, 6.45) is 1.85. The molecular weight excluding hydrogens is 352 g/mol. The molecule has 3 aromatic rings. The standard InChI is InChI=1S/C20H19ClN2O3/c1-3-23-12-11-17(22-23)16-13-15(21)9-10-18(16)26-20(2,19(24)25)14-7-5-4-6-8-14/h4-13H,3H2,1-2H3,(H,24,25). The van der Waals surface area contributed by atoms with Crippen LogP contribution in [-0.4, -0.2) is 20.9 Å². The molecule has 0 bridgehead atoms. The number of hydrogen-bond acceptors (Lipinski definition) is 3. The minimum Gasteiger partial charge on any atom is -0.478 e. The molecule has 1 atom stereocenters. The largest absolute Gasteiger partial charge is 0.478 e. The summed E-state index contributed by atoms with van der Waals surface area (Å²) in [4.78, 5) is 12.0. The molecule has 0 aliphatic rings. The maximum atomic E-state index is 12.0. The third-order valence-corrected chi connectivity index (χ3v) is 4.46. The van der Waals surface area contributed by atoms with Crippen LogP contribution in [0.25, 0.3) is 11.3 Å². The second-order valence-corrected chi connectivity index (χ2v) is 6.44. The molecule has 0 fully saturated rings. The molecule has 0 amide bonds. The molecule has 26 heavy (non-hydrogen) atoms. The van der Waals surface area contributed by atoms with Gasteiger partial charge in [-0.15, -0.1) is 0 Å². The van der Waals surface area contributed by atoms with E-state index < -0.39 is 11.6 Å². The normalized spacial score (nSPS) is 13.2. The molecule has 2 aromatic carbocycles. The average molecular weight is 371 g/mol. The van der Waals surface area contributed by atoms with E-state index >= 15 is 0 Å². The number of carboxylic acids is 1.